The molecular formula is C27H26Cl2N2O7S. The Morgan fingerprint density at radius 3 is 2.33 bits per heavy atom. The Labute approximate surface area is 236 Å². The van der Waals surface area contributed by atoms with Crippen molar-refractivity contribution in [1.82, 2.24) is 9.62 Å². The van der Waals surface area contributed by atoms with E-state index in [2.05, 4.69) is 5.32 Å². The molecule has 3 aromatic carbocycles. The predicted molar refractivity (Wildman–Crippen MR) is 146 cm³/mol. The summed E-state index contributed by atoms with van der Waals surface area (Å²) in [6.07, 6.45) is -1.40. The van der Waals surface area contributed by atoms with Crippen LogP contribution in [0.4, 0.5) is 0 Å². The van der Waals surface area contributed by atoms with Gasteiger partial charge in [-0.1, -0.05) is 65.7 Å². The number of amides is 1. The molecule has 1 aliphatic heterocycles. The summed E-state index contributed by atoms with van der Waals surface area (Å²) in [7, 11) is -2.70. The molecule has 12 heteroatoms. The van der Waals surface area contributed by atoms with Crippen LogP contribution in [0, 0.1) is 0 Å². The second-order valence-electron chi connectivity index (χ2n) is 9.02. The highest BCUT2D eigenvalue weighted by Gasteiger charge is 2.46. The lowest BCUT2D eigenvalue weighted by atomic mass is 9.99. The molecule has 1 aliphatic rings. The number of methoxy groups -OCH3 is 1. The Morgan fingerprint density at radius 1 is 1.08 bits per heavy atom. The minimum Gasteiger partial charge on any atom is -0.496 e. The van der Waals surface area contributed by atoms with Gasteiger partial charge in [0.25, 0.3) is 0 Å². The standard InChI is InChI=1S/C27H26Cl2N2O7S/c1-38-24-5-3-2-4-21(24)17-8-6-16(7-9-17)12-22(27(34)35)30-26(33)25-23(32)10-11-31(25)39(36,37)20-14-18(28)13-19(29)15-20/h2-9,13-15,22-23,25,32H,10-12H2,1H3,(H,30,33)(H,34,35)/t22-,23-,25-/m0/s1. The van der Waals surface area contributed by atoms with Gasteiger partial charge in [0.1, 0.15) is 17.8 Å². The van der Waals surface area contributed by atoms with Gasteiger partial charge in [-0.25, -0.2) is 13.2 Å². The first-order valence-electron chi connectivity index (χ1n) is 11.9. The van der Waals surface area contributed by atoms with Gasteiger partial charge in [0.2, 0.25) is 15.9 Å². The van der Waals surface area contributed by atoms with Crippen molar-refractivity contribution in [3.8, 4) is 16.9 Å². The van der Waals surface area contributed by atoms with Gasteiger partial charge in [0.05, 0.1) is 18.1 Å². The first-order valence-corrected chi connectivity index (χ1v) is 14.1. The number of aliphatic carboxylic acids is 1. The minimum absolute atomic E-state index is 0.00619. The molecule has 1 saturated heterocycles. The Kier molecular flexibility index (Phi) is 8.83. The van der Waals surface area contributed by atoms with Crippen LogP contribution in [0.25, 0.3) is 11.1 Å². The number of benzene rings is 3. The third-order valence-corrected chi connectivity index (χ3v) is 8.75. The van der Waals surface area contributed by atoms with Gasteiger partial charge in [-0.05, 0) is 41.8 Å². The summed E-state index contributed by atoms with van der Waals surface area (Å²) in [5.41, 5.74) is 2.36. The van der Waals surface area contributed by atoms with E-state index in [4.69, 9.17) is 27.9 Å². The normalized spacial score (nSPS) is 18.5. The van der Waals surface area contributed by atoms with Crippen LogP contribution in [-0.4, -0.2) is 66.7 Å². The van der Waals surface area contributed by atoms with Gasteiger partial charge in [-0.2, -0.15) is 4.31 Å². The minimum atomic E-state index is -4.28. The summed E-state index contributed by atoms with van der Waals surface area (Å²) in [6.45, 7) is -0.145. The second kappa shape index (κ2) is 11.9. The van der Waals surface area contributed by atoms with E-state index in [0.717, 1.165) is 15.4 Å². The Balaban J connectivity index is 1.52. The van der Waals surface area contributed by atoms with Crippen LogP contribution in [-0.2, 0) is 26.0 Å². The number of aliphatic hydroxyl groups is 1. The summed E-state index contributed by atoms with van der Waals surface area (Å²) in [4.78, 5) is 25.0. The van der Waals surface area contributed by atoms with E-state index >= 15 is 0 Å². The number of rotatable bonds is 9. The summed E-state index contributed by atoms with van der Waals surface area (Å²) < 4.78 is 32.8. The molecule has 0 saturated carbocycles. The number of aliphatic hydroxyl groups excluding tert-OH is 1. The average molecular weight is 593 g/mol. The van der Waals surface area contributed by atoms with E-state index < -0.39 is 40.1 Å². The molecular weight excluding hydrogens is 567 g/mol. The highest BCUT2D eigenvalue weighted by Crippen LogP contribution is 2.31. The van der Waals surface area contributed by atoms with Gasteiger partial charge in [-0.3, -0.25) is 4.79 Å². The number of carboxylic acids is 1. The lowest BCUT2D eigenvalue weighted by Crippen LogP contribution is -2.54. The van der Waals surface area contributed by atoms with Crippen LogP contribution in [0.5, 0.6) is 5.75 Å². The van der Waals surface area contributed by atoms with Crippen LogP contribution in [0.2, 0.25) is 10.0 Å². The van der Waals surface area contributed by atoms with Crippen molar-refractivity contribution in [2.75, 3.05) is 13.7 Å². The molecule has 3 atom stereocenters. The lowest BCUT2D eigenvalue weighted by Gasteiger charge is -2.26. The Hall–Kier alpha value is -3.15. The molecule has 1 amide bonds. The molecule has 0 unspecified atom stereocenters. The van der Waals surface area contributed by atoms with Crippen molar-refractivity contribution in [3.05, 3.63) is 82.3 Å². The number of nitrogens with zero attached hydrogens (tertiary/aromatic N) is 1. The van der Waals surface area contributed by atoms with Gasteiger partial charge >= 0.3 is 5.97 Å². The average Bonchev–Trinajstić information content (AvgIpc) is 3.30. The molecule has 4 rings (SSSR count). The topological polar surface area (TPSA) is 133 Å². The van der Waals surface area contributed by atoms with Gasteiger partial charge in [-0.15, -0.1) is 0 Å². The number of ether oxygens (including phenoxy) is 1. The zero-order valence-corrected chi connectivity index (χ0v) is 23.1. The van der Waals surface area contributed by atoms with E-state index in [1.54, 1.807) is 19.2 Å². The van der Waals surface area contributed by atoms with E-state index in [9.17, 15) is 28.2 Å². The number of carbonyl (C=O) groups excluding carboxylic acids is 1. The molecule has 3 aromatic rings. The number of carbonyl (C=O) groups is 2. The summed E-state index contributed by atoms with van der Waals surface area (Å²) in [6, 6.07) is 15.5. The first-order chi connectivity index (χ1) is 18.5. The van der Waals surface area contributed by atoms with E-state index in [1.165, 1.54) is 18.2 Å². The molecule has 39 heavy (non-hydrogen) atoms. The van der Waals surface area contributed by atoms with Crippen molar-refractivity contribution < 1.29 is 33.0 Å². The molecule has 0 spiro atoms. The fourth-order valence-corrected chi connectivity index (χ4v) is 6.89. The smallest absolute Gasteiger partial charge is 0.326 e. The number of hydrogen-bond acceptors (Lipinski definition) is 6. The third-order valence-electron chi connectivity index (χ3n) is 6.46. The lowest BCUT2D eigenvalue weighted by molar-refractivity contribution is -0.142. The van der Waals surface area contributed by atoms with E-state index in [1.807, 2.05) is 36.4 Å². The number of hydrogen-bond donors (Lipinski definition) is 3. The number of sulfonamides is 1. The van der Waals surface area contributed by atoms with Crippen molar-refractivity contribution in [3.63, 3.8) is 0 Å². The predicted octanol–water partition coefficient (Wildman–Crippen LogP) is 3.61. The maximum Gasteiger partial charge on any atom is 0.326 e. The fraction of sp³-hybridized carbons (Fsp3) is 0.259. The van der Waals surface area contributed by atoms with E-state index in [0.29, 0.717) is 11.3 Å². The van der Waals surface area contributed by atoms with Gasteiger partial charge < -0.3 is 20.3 Å². The number of halogens is 2. The van der Waals surface area contributed by atoms with Crippen LogP contribution < -0.4 is 10.1 Å². The molecule has 206 valence electrons. The zero-order valence-electron chi connectivity index (χ0n) is 20.8. The summed E-state index contributed by atoms with van der Waals surface area (Å²) in [5, 5.41) is 22.9. The highest BCUT2D eigenvalue weighted by molar-refractivity contribution is 7.89. The van der Waals surface area contributed by atoms with Crippen LogP contribution >= 0.6 is 23.2 Å². The first kappa shape index (κ1) is 28.8. The molecule has 0 aromatic heterocycles. The molecule has 0 aliphatic carbocycles. The third kappa shape index (κ3) is 6.37. The molecule has 1 fully saturated rings. The Bertz CT molecular complexity index is 1460. The zero-order chi connectivity index (χ0) is 28.3. The molecule has 3 N–H and O–H groups in total. The van der Waals surface area contributed by atoms with Crippen molar-refractivity contribution in [1.29, 1.82) is 0 Å². The molecule has 0 bridgehead atoms. The number of para-hydroxylation sites is 1. The maximum absolute atomic E-state index is 13.3. The van der Waals surface area contributed by atoms with Crippen molar-refractivity contribution >= 4 is 45.1 Å². The van der Waals surface area contributed by atoms with Crippen LogP contribution in [0.15, 0.2) is 71.6 Å². The largest absolute Gasteiger partial charge is 0.496 e. The quantitative estimate of drug-likeness (QED) is 0.345. The van der Waals surface area contributed by atoms with Crippen molar-refractivity contribution in [2.24, 2.45) is 0 Å². The fourth-order valence-electron chi connectivity index (χ4n) is 4.53. The Morgan fingerprint density at radius 2 is 1.72 bits per heavy atom. The molecule has 9 nitrogen and oxygen atoms in total. The van der Waals surface area contributed by atoms with E-state index in [-0.39, 0.29) is 34.3 Å². The maximum atomic E-state index is 13.3. The van der Waals surface area contributed by atoms with Gasteiger partial charge in [0.15, 0.2) is 0 Å². The van der Waals surface area contributed by atoms with Crippen LogP contribution in [0.3, 0.4) is 0 Å². The van der Waals surface area contributed by atoms with Gasteiger partial charge in [0, 0.05) is 28.6 Å². The number of nitrogens with one attached hydrogen (secondary N) is 1. The molecule has 0 radical (unpaired) electrons. The molecule has 1 heterocycles. The number of carboxylic acid groups (broad SMARTS) is 1. The SMILES string of the molecule is COc1ccccc1-c1ccc(C[C@H](NC(=O)[C@@H]2[C@@H](O)CCN2S(=O)(=O)c2cc(Cl)cc(Cl)c2)C(=O)O)cc1. The van der Waals surface area contributed by atoms with Crippen molar-refractivity contribution in [2.45, 2.75) is 35.9 Å². The monoisotopic (exact) mass is 592 g/mol. The summed E-state index contributed by atoms with van der Waals surface area (Å²) >= 11 is 11.9. The highest BCUT2D eigenvalue weighted by atomic mass is 35.5. The second-order valence-corrected chi connectivity index (χ2v) is 11.8. The van der Waals surface area contributed by atoms with Crippen LogP contribution in [0.1, 0.15) is 12.0 Å². The summed E-state index contributed by atoms with van der Waals surface area (Å²) in [5.74, 6) is -1.54.